The summed E-state index contributed by atoms with van der Waals surface area (Å²) in [6.07, 6.45) is 3.00. The number of para-hydroxylation sites is 2. The third-order valence-corrected chi connectivity index (χ3v) is 5.15. The van der Waals surface area contributed by atoms with E-state index in [1.807, 2.05) is 83.8 Å². The molecule has 0 atom stereocenters. The molecule has 0 saturated heterocycles. The second-order valence-electron chi connectivity index (χ2n) is 6.84. The lowest BCUT2D eigenvalue weighted by Gasteiger charge is -2.25. The van der Waals surface area contributed by atoms with Gasteiger partial charge < -0.3 is 4.42 Å². The number of furan rings is 1. The van der Waals surface area contributed by atoms with Gasteiger partial charge in [0.25, 0.3) is 0 Å². The van der Waals surface area contributed by atoms with Crippen LogP contribution in [0.1, 0.15) is 5.76 Å². The molecule has 1 heterocycles. The standard InChI is InChI=1S/C26H19ClN2O2S/c27-20-13-11-19(12-14-20)24-17-15-23(31-24)16-18-25(30)28-26(32)29(21-7-3-1-4-8-21)22-9-5-2-6-10-22/h1-18H,(H,28,30,32). The van der Waals surface area contributed by atoms with Crippen LogP contribution in [0.5, 0.6) is 0 Å². The first-order valence-corrected chi connectivity index (χ1v) is 10.7. The van der Waals surface area contributed by atoms with Gasteiger partial charge in [-0.3, -0.25) is 15.0 Å². The Morgan fingerprint density at radius 3 is 2.03 bits per heavy atom. The van der Waals surface area contributed by atoms with Crippen LogP contribution in [0.3, 0.4) is 0 Å². The Morgan fingerprint density at radius 1 is 0.844 bits per heavy atom. The summed E-state index contributed by atoms with van der Waals surface area (Å²) in [5, 5.41) is 3.70. The molecule has 0 fully saturated rings. The number of thiocarbonyl (C=S) groups is 1. The molecule has 158 valence electrons. The number of nitrogens with one attached hydrogen (secondary N) is 1. The average molecular weight is 459 g/mol. The van der Waals surface area contributed by atoms with Crippen LogP contribution in [0.2, 0.25) is 5.02 Å². The van der Waals surface area contributed by atoms with Gasteiger partial charge in [0.15, 0.2) is 5.11 Å². The molecule has 0 radical (unpaired) electrons. The molecule has 4 nitrogen and oxygen atoms in total. The van der Waals surface area contributed by atoms with Crippen LogP contribution in [0.15, 0.2) is 108 Å². The highest BCUT2D eigenvalue weighted by molar-refractivity contribution is 7.80. The highest BCUT2D eigenvalue weighted by Gasteiger charge is 2.15. The number of halogens is 1. The van der Waals surface area contributed by atoms with Crippen molar-refractivity contribution in [2.45, 2.75) is 0 Å². The summed E-state index contributed by atoms with van der Waals surface area (Å²) >= 11 is 11.5. The van der Waals surface area contributed by atoms with Gasteiger partial charge in [-0.05, 0) is 79.0 Å². The van der Waals surface area contributed by atoms with Crippen LogP contribution in [0, 0.1) is 0 Å². The van der Waals surface area contributed by atoms with Crippen molar-refractivity contribution in [1.82, 2.24) is 5.32 Å². The Morgan fingerprint density at radius 2 is 1.44 bits per heavy atom. The highest BCUT2D eigenvalue weighted by atomic mass is 35.5. The zero-order chi connectivity index (χ0) is 22.3. The molecular formula is C26H19ClN2O2S. The molecule has 0 aliphatic carbocycles. The van der Waals surface area contributed by atoms with Crippen LogP contribution in [0.25, 0.3) is 17.4 Å². The maximum atomic E-state index is 12.5. The van der Waals surface area contributed by atoms with E-state index in [0.29, 0.717) is 16.5 Å². The second kappa shape index (κ2) is 10.1. The van der Waals surface area contributed by atoms with Crippen LogP contribution in [-0.2, 0) is 4.79 Å². The van der Waals surface area contributed by atoms with E-state index in [9.17, 15) is 4.79 Å². The van der Waals surface area contributed by atoms with E-state index in [-0.39, 0.29) is 11.0 Å². The van der Waals surface area contributed by atoms with Crippen molar-refractivity contribution >= 4 is 52.3 Å². The highest BCUT2D eigenvalue weighted by Crippen LogP contribution is 2.26. The number of benzene rings is 3. The van der Waals surface area contributed by atoms with Gasteiger partial charge in [0.2, 0.25) is 5.91 Å². The fourth-order valence-electron chi connectivity index (χ4n) is 3.11. The molecule has 4 rings (SSSR count). The Balaban J connectivity index is 1.46. The topological polar surface area (TPSA) is 45.5 Å². The molecule has 32 heavy (non-hydrogen) atoms. The average Bonchev–Trinajstić information content (AvgIpc) is 3.29. The fraction of sp³-hybridized carbons (Fsp3) is 0. The van der Waals surface area contributed by atoms with E-state index in [2.05, 4.69) is 5.32 Å². The fourth-order valence-corrected chi connectivity index (χ4v) is 3.55. The van der Waals surface area contributed by atoms with Gasteiger partial charge in [-0.1, -0.05) is 48.0 Å². The third-order valence-electron chi connectivity index (χ3n) is 4.62. The lowest BCUT2D eigenvalue weighted by Crippen LogP contribution is -2.39. The Bertz CT molecular complexity index is 1200. The molecular weight excluding hydrogens is 440 g/mol. The minimum atomic E-state index is -0.351. The summed E-state index contributed by atoms with van der Waals surface area (Å²) < 4.78 is 5.80. The van der Waals surface area contributed by atoms with Gasteiger partial charge in [-0.25, -0.2) is 0 Å². The first kappa shape index (κ1) is 21.6. The first-order valence-electron chi connectivity index (χ1n) is 9.89. The van der Waals surface area contributed by atoms with Crippen molar-refractivity contribution in [1.29, 1.82) is 0 Å². The maximum Gasteiger partial charge on any atom is 0.250 e. The van der Waals surface area contributed by atoms with E-state index in [4.69, 9.17) is 28.2 Å². The summed E-state index contributed by atoms with van der Waals surface area (Å²) in [7, 11) is 0. The Kier molecular flexibility index (Phi) is 6.80. The molecule has 6 heteroatoms. The van der Waals surface area contributed by atoms with Gasteiger partial charge in [0, 0.05) is 28.0 Å². The SMILES string of the molecule is O=C(C=Cc1ccc(-c2ccc(Cl)cc2)o1)NC(=S)N(c1ccccc1)c1ccccc1. The minimum Gasteiger partial charge on any atom is -0.457 e. The molecule has 0 saturated carbocycles. The van der Waals surface area contributed by atoms with E-state index < -0.39 is 0 Å². The van der Waals surface area contributed by atoms with E-state index in [1.54, 1.807) is 24.3 Å². The number of carbonyl (C=O) groups excluding carboxylic acids is 1. The third kappa shape index (κ3) is 5.32. The predicted octanol–water partition coefficient (Wildman–Crippen LogP) is 6.85. The van der Waals surface area contributed by atoms with E-state index in [0.717, 1.165) is 16.9 Å². The van der Waals surface area contributed by atoms with Crippen LogP contribution in [0.4, 0.5) is 11.4 Å². The summed E-state index contributed by atoms with van der Waals surface area (Å²) in [5.41, 5.74) is 2.61. The molecule has 0 aliphatic rings. The Labute approximate surface area is 196 Å². The van der Waals surface area contributed by atoms with Crippen molar-refractivity contribution < 1.29 is 9.21 Å². The molecule has 0 unspecified atom stereocenters. The van der Waals surface area contributed by atoms with Gasteiger partial charge in [-0.2, -0.15) is 0 Å². The summed E-state index contributed by atoms with van der Waals surface area (Å²) in [4.78, 5) is 14.4. The number of hydrogen-bond acceptors (Lipinski definition) is 3. The van der Waals surface area contributed by atoms with E-state index >= 15 is 0 Å². The van der Waals surface area contributed by atoms with Gasteiger partial charge in [-0.15, -0.1) is 0 Å². The van der Waals surface area contributed by atoms with Crippen LogP contribution < -0.4 is 10.2 Å². The van der Waals surface area contributed by atoms with E-state index in [1.165, 1.54) is 6.08 Å². The summed E-state index contributed by atoms with van der Waals surface area (Å²) in [5.74, 6) is 0.895. The van der Waals surface area contributed by atoms with Crippen molar-refractivity contribution in [3.8, 4) is 11.3 Å². The van der Waals surface area contributed by atoms with Gasteiger partial charge in [0.1, 0.15) is 11.5 Å². The second-order valence-corrected chi connectivity index (χ2v) is 7.67. The lowest BCUT2D eigenvalue weighted by atomic mass is 10.2. The first-order chi connectivity index (χ1) is 15.6. The van der Waals surface area contributed by atoms with Crippen LogP contribution in [-0.4, -0.2) is 11.0 Å². The normalized spacial score (nSPS) is 10.8. The quantitative estimate of drug-likeness (QED) is 0.262. The van der Waals surface area contributed by atoms with Gasteiger partial charge in [0.05, 0.1) is 0 Å². The molecule has 1 amide bonds. The molecule has 0 spiro atoms. The zero-order valence-electron chi connectivity index (χ0n) is 16.9. The van der Waals surface area contributed by atoms with Gasteiger partial charge >= 0.3 is 0 Å². The van der Waals surface area contributed by atoms with Crippen molar-refractivity contribution in [3.05, 3.63) is 114 Å². The molecule has 0 aliphatic heterocycles. The molecule has 1 N–H and O–H groups in total. The monoisotopic (exact) mass is 458 g/mol. The molecule has 3 aromatic carbocycles. The zero-order valence-corrected chi connectivity index (χ0v) is 18.5. The number of amides is 1. The molecule has 4 aromatic rings. The summed E-state index contributed by atoms with van der Waals surface area (Å²) in [6, 6.07) is 30.3. The Hall–Kier alpha value is -3.67. The van der Waals surface area contributed by atoms with Crippen LogP contribution >= 0.6 is 23.8 Å². The smallest absolute Gasteiger partial charge is 0.250 e. The molecule has 1 aromatic heterocycles. The predicted molar refractivity (Wildman–Crippen MR) is 134 cm³/mol. The minimum absolute atomic E-state index is 0.276. The number of carbonyl (C=O) groups is 1. The lowest BCUT2D eigenvalue weighted by molar-refractivity contribution is -0.115. The number of anilines is 2. The van der Waals surface area contributed by atoms with Crippen molar-refractivity contribution in [3.63, 3.8) is 0 Å². The molecule has 0 bridgehead atoms. The number of nitrogens with zero attached hydrogens (tertiary/aromatic N) is 1. The van der Waals surface area contributed by atoms with Crippen molar-refractivity contribution in [2.75, 3.05) is 4.90 Å². The maximum absolute atomic E-state index is 12.5. The van der Waals surface area contributed by atoms with Crippen molar-refractivity contribution in [2.24, 2.45) is 0 Å². The largest absolute Gasteiger partial charge is 0.457 e. The number of rotatable bonds is 5. The summed E-state index contributed by atoms with van der Waals surface area (Å²) in [6.45, 7) is 0. The number of hydrogen-bond donors (Lipinski definition) is 1.